The summed E-state index contributed by atoms with van der Waals surface area (Å²) >= 11 is 11.3. The van der Waals surface area contributed by atoms with Crippen LogP contribution >= 0.6 is 23.2 Å². The van der Waals surface area contributed by atoms with Crippen LogP contribution in [0.25, 0.3) is 0 Å². The topological polar surface area (TPSA) is 92.2 Å². The Morgan fingerprint density at radius 3 is 1.50 bits per heavy atom. The minimum atomic E-state index is -4.83. The van der Waals surface area contributed by atoms with E-state index < -0.39 is 175 Å². The standard InChI is InChI=1S/2C21H24ClF2N3O/c2*1-2-15-13-25-19(26-14-15)4-3-7-21(24)8-10-27(11-9-21)20(28)16-5-6-18(23)17(22)12-16/h2*5-6,12-14H,2-4,7-11H2,1H3/i2D2,4D2,7D2,8D2,9D2,10D2,11D2;2D2,4D2,7D2,8D2,10D2,11D2. The van der Waals surface area contributed by atoms with Crippen LogP contribution in [0.1, 0.15) is 144 Å². The van der Waals surface area contributed by atoms with Crippen molar-refractivity contribution in [3.05, 3.63) is 117 Å². The van der Waals surface area contributed by atoms with E-state index in [1.165, 1.54) is 6.92 Å². The van der Waals surface area contributed by atoms with Gasteiger partial charge in [0.1, 0.15) is 34.6 Å². The summed E-state index contributed by atoms with van der Waals surface area (Å²) in [5.41, 5.74) is -10.3. The first kappa shape index (κ1) is 20.0. The molecule has 0 spiro atoms. The van der Waals surface area contributed by atoms with Crippen LogP contribution in [0, 0.1) is 11.6 Å². The van der Waals surface area contributed by atoms with Gasteiger partial charge in [0.05, 0.1) is 10.0 Å². The summed E-state index contributed by atoms with van der Waals surface area (Å²) in [4.78, 5) is 40.3. The monoisotopic (exact) mass is 840 g/mol. The Balaban J connectivity index is 0.000000301. The van der Waals surface area contributed by atoms with Gasteiger partial charge in [-0.1, -0.05) is 37.0 Å². The molecule has 2 amide bonds. The molecule has 6 rings (SSSR count). The molecule has 2 saturated heterocycles. The molecule has 2 aliphatic heterocycles. The molecular weight excluding hydrogens is 767 g/mol. The van der Waals surface area contributed by atoms with Crippen molar-refractivity contribution in [3.8, 4) is 0 Å². The second kappa shape index (κ2) is 19.8. The van der Waals surface area contributed by atoms with Gasteiger partial charge in [-0.3, -0.25) is 9.59 Å². The molecule has 4 heterocycles. The third-order valence-corrected chi connectivity index (χ3v) is 7.92. The minimum Gasteiger partial charge on any atom is -0.338 e. The number of hydrogen-bond donors (Lipinski definition) is 0. The van der Waals surface area contributed by atoms with E-state index >= 15 is 8.78 Å². The summed E-state index contributed by atoms with van der Waals surface area (Å²) in [5, 5.41) is -1.25. The van der Waals surface area contributed by atoms with Crippen molar-refractivity contribution in [2.45, 2.75) is 102 Å². The van der Waals surface area contributed by atoms with Crippen molar-refractivity contribution in [2.75, 3.05) is 26.0 Å². The number of rotatable bonds is 12. The third kappa shape index (κ3) is 11.9. The number of aromatic nitrogens is 4. The predicted octanol–water partition coefficient (Wildman–Crippen LogP) is 9.60. The van der Waals surface area contributed by atoms with E-state index in [1.54, 1.807) is 0 Å². The number of piperidine rings is 2. The predicted molar refractivity (Wildman–Crippen MR) is 209 cm³/mol. The fraction of sp³-hybridized carbons (Fsp3) is 0.476. The molecule has 300 valence electrons. The Bertz CT molecular complexity index is 3070. The Kier molecular flexibility index (Phi) is 7.08. The van der Waals surface area contributed by atoms with Gasteiger partial charge in [-0.2, -0.15) is 0 Å². The minimum absolute atomic E-state index is 0.0331. The lowest BCUT2D eigenvalue weighted by Crippen LogP contribution is -2.44. The molecule has 0 saturated carbocycles. The number of aryl methyl sites for hydroxylation is 4. The molecule has 1 unspecified atom stereocenters. The number of carbonyl (C=O) groups is 2. The van der Waals surface area contributed by atoms with Crippen LogP contribution in [0.2, 0.25) is 10.0 Å². The average Bonchev–Trinajstić information content (AvgIpc) is 3.30. The number of benzene rings is 2. The van der Waals surface area contributed by atoms with E-state index in [2.05, 4.69) is 19.9 Å². The smallest absolute Gasteiger partial charge is 0.253 e. The van der Waals surface area contributed by atoms with E-state index in [0.29, 0.717) is 12.1 Å². The largest absolute Gasteiger partial charge is 0.338 e. The first-order valence-electron chi connectivity index (χ1n) is 29.1. The normalized spacial score (nSPS) is 32.6. The summed E-state index contributed by atoms with van der Waals surface area (Å²) in [5.74, 6) is -6.77. The van der Waals surface area contributed by atoms with Crippen molar-refractivity contribution in [2.24, 2.45) is 0 Å². The lowest BCUT2D eigenvalue weighted by molar-refractivity contribution is 0.0379. The average molecular weight is 842 g/mol. The highest BCUT2D eigenvalue weighted by molar-refractivity contribution is 6.31. The molecule has 2 fully saturated rings. The van der Waals surface area contributed by atoms with Gasteiger partial charge in [-0.05, 0) is 111 Å². The number of likely N-dealkylation sites (tertiary alicyclic amines) is 2. The molecule has 56 heavy (non-hydrogen) atoms. The maximum Gasteiger partial charge on any atom is 0.253 e. The van der Waals surface area contributed by atoms with Crippen LogP contribution in [0.4, 0.5) is 17.6 Å². The zero-order valence-electron chi connectivity index (χ0n) is 55.2. The van der Waals surface area contributed by atoms with E-state index in [4.69, 9.17) is 58.8 Å². The van der Waals surface area contributed by atoms with Gasteiger partial charge in [-0.25, -0.2) is 37.5 Å². The van der Waals surface area contributed by atoms with Gasteiger partial charge in [-0.15, -0.1) is 0 Å². The molecule has 0 aliphatic carbocycles. The zero-order valence-corrected chi connectivity index (χ0v) is 30.7. The van der Waals surface area contributed by atoms with Gasteiger partial charge >= 0.3 is 0 Å². The molecule has 14 heteroatoms. The lowest BCUT2D eigenvalue weighted by atomic mass is 9.88. The van der Waals surface area contributed by atoms with Crippen LogP contribution in [0.15, 0.2) is 61.2 Å². The number of carbonyl (C=O) groups excluding carboxylic acids is 2. The molecular formula is C42H48Cl2F4N6O2. The first-order chi connectivity index (χ1) is 36.4. The fourth-order valence-corrected chi connectivity index (χ4v) is 4.64. The maximum atomic E-state index is 17.0. The zero-order chi connectivity index (χ0) is 63.6. The highest BCUT2D eigenvalue weighted by Gasteiger charge is 2.37. The lowest BCUT2D eigenvalue weighted by Gasteiger charge is -2.36. The van der Waals surface area contributed by atoms with E-state index in [-0.39, 0.29) is 16.0 Å². The number of nitrogens with zero attached hydrogens (tertiary/aromatic N) is 6. The second-order valence-electron chi connectivity index (χ2n) is 11.2. The Morgan fingerprint density at radius 2 is 1.09 bits per heavy atom. The number of amides is 2. The number of hydrogen-bond acceptors (Lipinski definition) is 6. The molecule has 4 aromatic rings. The molecule has 2 aromatic carbocycles. The SMILES string of the molecule is [2H]C([2H])(C)c1cnc(C([2H])([2H])CC([2H])([2H])C2(F)C([2H])([2H])C([2H])([2H])N(C(=O)c3ccc(F)c(Cl)c3)C([2H])([2H])C2([2H])[2H])nc1.[2H]C([2H])(C)c1cnc(C([2H])([2H])CC([2H])([2H])C2(F)CC([2H])([2H])N(C(=O)c3ccc(F)c(Cl)c3)C([2H])([2H])C2([2H])[2H])nc1. The third-order valence-electron chi connectivity index (χ3n) is 7.34. The fourth-order valence-electron chi connectivity index (χ4n) is 4.28. The second-order valence-corrected chi connectivity index (χ2v) is 12.0. The van der Waals surface area contributed by atoms with Crippen molar-refractivity contribution >= 4 is 35.0 Å². The molecule has 8 nitrogen and oxygen atoms in total. The molecule has 2 aromatic heterocycles. The highest BCUT2D eigenvalue weighted by atomic mass is 35.5. The van der Waals surface area contributed by atoms with Crippen molar-refractivity contribution in [1.82, 2.24) is 29.7 Å². The van der Waals surface area contributed by atoms with Gasteiger partial charge in [0.2, 0.25) is 0 Å². The molecule has 0 radical (unpaired) electrons. The van der Waals surface area contributed by atoms with Crippen LogP contribution in [0.5, 0.6) is 0 Å². The van der Waals surface area contributed by atoms with E-state index in [9.17, 15) is 18.4 Å². The van der Waals surface area contributed by atoms with Crippen molar-refractivity contribution in [3.63, 3.8) is 0 Å². The summed E-state index contributed by atoms with van der Waals surface area (Å²) in [7, 11) is 0. The quantitative estimate of drug-likeness (QED) is 0.132. The summed E-state index contributed by atoms with van der Waals surface area (Å²) in [6, 6.07) is 4.34. The first-order valence-corrected chi connectivity index (χ1v) is 16.8. The number of halogens is 6. The van der Waals surface area contributed by atoms with E-state index in [1.807, 2.05) is 0 Å². The van der Waals surface area contributed by atoms with Gasteiger partial charge < -0.3 is 9.80 Å². The summed E-state index contributed by atoms with van der Waals surface area (Å²) < 4.78 is 275. The summed E-state index contributed by atoms with van der Waals surface area (Å²) in [6.45, 7) is -13.2. The van der Waals surface area contributed by atoms with Crippen LogP contribution in [-0.4, -0.2) is 78.9 Å². The van der Waals surface area contributed by atoms with Crippen LogP contribution in [-0.2, 0) is 25.5 Å². The van der Waals surface area contributed by atoms with Crippen LogP contribution < -0.4 is 0 Å². The highest BCUT2D eigenvalue weighted by Crippen LogP contribution is 2.34. The number of alkyl halides is 2. The van der Waals surface area contributed by atoms with Gasteiger partial charge in [0.15, 0.2) is 0 Å². The Hall–Kier alpha value is -4.16. The Labute approximate surface area is 372 Å². The molecule has 1 atom stereocenters. The van der Waals surface area contributed by atoms with Gasteiger partial charge in [0, 0.05) is 110 Å². The summed E-state index contributed by atoms with van der Waals surface area (Å²) in [6.07, 6.45) is -31.6. The van der Waals surface area contributed by atoms with E-state index in [0.717, 1.165) is 56.0 Å². The van der Waals surface area contributed by atoms with Crippen molar-refractivity contribution < 1.29 is 62.8 Å². The van der Waals surface area contributed by atoms with Crippen LogP contribution in [0.3, 0.4) is 0 Å². The maximum absolute atomic E-state index is 17.0. The molecule has 2 aliphatic rings. The van der Waals surface area contributed by atoms with Crippen molar-refractivity contribution in [1.29, 1.82) is 0 Å². The molecule has 0 bridgehead atoms. The van der Waals surface area contributed by atoms with Gasteiger partial charge in [0.25, 0.3) is 11.8 Å². The Morgan fingerprint density at radius 1 is 0.696 bits per heavy atom. The molecule has 0 N–H and O–H groups in total.